The lowest BCUT2D eigenvalue weighted by molar-refractivity contribution is -0.166. The summed E-state index contributed by atoms with van der Waals surface area (Å²) in [4.78, 5) is 38.1. The minimum atomic E-state index is -0.811. The van der Waals surface area contributed by atoms with Crippen LogP contribution in [0.3, 0.4) is 0 Å². The van der Waals surface area contributed by atoms with Crippen LogP contribution < -0.4 is 0 Å². The lowest BCUT2D eigenvalue weighted by atomic mass is 10.0. The summed E-state index contributed by atoms with van der Waals surface area (Å²) in [5.41, 5.74) is 0. The molecule has 0 bridgehead atoms. The number of hydrogen-bond acceptors (Lipinski definition) is 6. The van der Waals surface area contributed by atoms with Gasteiger partial charge in [0.2, 0.25) is 0 Å². The second kappa shape index (κ2) is 55.2. The third kappa shape index (κ3) is 53.4. The molecule has 0 aliphatic heterocycles. The summed E-state index contributed by atoms with van der Waals surface area (Å²) in [6.45, 7) is 6.45. The highest BCUT2D eigenvalue weighted by atomic mass is 16.6. The van der Waals surface area contributed by atoms with Gasteiger partial charge in [0, 0.05) is 19.3 Å². The lowest BCUT2D eigenvalue weighted by Crippen LogP contribution is -2.30. The molecule has 0 aliphatic carbocycles. The molecule has 67 heavy (non-hydrogen) atoms. The number of allylic oxidation sites excluding steroid dienone is 14. The van der Waals surface area contributed by atoms with Gasteiger partial charge in [-0.1, -0.05) is 247 Å². The SMILES string of the molecule is CC/C=C/C/C=C/C/C=C/C/C=C/C/C=C/CCCCCC(=O)OCC(COC(=O)CC/C=C/C/C=C/CCCCCCCC)OC(=O)CCCCCCCCCCCCCCCCCCC. The van der Waals surface area contributed by atoms with Gasteiger partial charge in [0.15, 0.2) is 6.10 Å². The molecule has 6 heteroatoms. The van der Waals surface area contributed by atoms with Gasteiger partial charge in [-0.3, -0.25) is 14.4 Å². The predicted octanol–water partition coefficient (Wildman–Crippen LogP) is 18.8. The topological polar surface area (TPSA) is 78.9 Å². The Bertz CT molecular complexity index is 1300. The maximum absolute atomic E-state index is 12.8. The van der Waals surface area contributed by atoms with E-state index in [1.807, 2.05) is 6.08 Å². The molecule has 0 fully saturated rings. The van der Waals surface area contributed by atoms with E-state index < -0.39 is 6.10 Å². The Hall–Kier alpha value is -3.41. The van der Waals surface area contributed by atoms with Crippen LogP contribution in [-0.2, 0) is 28.6 Å². The van der Waals surface area contributed by atoms with Crippen LogP contribution in [-0.4, -0.2) is 37.2 Å². The van der Waals surface area contributed by atoms with E-state index in [1.165, 1.54) is 128 Å². The van der Waals surface area contributed by atoms with Crippen LogP contribution in [0.2, 0.25) is 0 Å². The highest BCUT2D eigenvalue weighted by Gasteiger charge is 2.19. The van der Waals surface area contributed by atoms with Crippen molar-refractivity contribution in [2.75, 3.05) is 13.2 Å². The molecule has 0 rings (SSSR count). The molecule has 0 radical (unpaired) electrons. The third-order valence-electron chi connectivity index (χ3n) is 11.9. The summed E-state index contributed by atoms with van der Waals surface area (Å²) in [5.74, 6) is -1.00. The number of esters is 3. The fourth-order valence-electron chi connectivity index (χ4n) is 7.70. The zero-order valence-corrected chi connectivity index (χ0v) is 43.9. The first-order valence-corrected chi connectivity index (χ1v) is 28.1. The second-order valence-corrected chi connectivity index (χ2v) is 18.5. The Morgan fingerprint density at radius 3 is 1.01 bits per heavy atom. The molecule has 0 spiro atoms. The first kappa shape index (κ1) is 63.6. The zero-order chi connectivity index (χ0) is 48.6. The molecule has 0 saturated heterocycles. The standard InChI is InChI=1S/C61H104O6/c1-4-7-10-13-16-19-22-25-27-29-30-32-33-36-39-42-45-48-51-54-60(63)66-57-58(56-65-59(62)53-50-47-44-41-38-35-24-21-18-15-12-9-6-3)67-61(64)55-52-49-46-43-40-37-34-31-28-26-23-20-17-14-11-8-5-2/h7,10,16,19,25,27,30,32,35-36,38-39,44,47,58H,4-6,8-9,11-15,17-18,20-24,26,28-29,31,33-34,37,40-43,45-46,48-57H2,1-3H3/b10-7+,19-16+,27-25+,32-30+,38-35+,39-36+,47-44+. The van der Waals surface area contributed by atoms with E-state index in [0.29, 0.717) is 19.3 Å². The van der Waals surface area contributed by atoms with Crippen LogP contribution in [0, 0.1) is 0 Å². The summed E-state index contributed by atoms with van der Waals surface area (Å²) in [6.07, 6.45) is 71.6. The number of carbonyl (C=O) groups is 3. The predicted molar refractivity (Wildman–Crippen MR) is 288 cm³/mol. The van der Waals surface area contributed by atoms with Gasteiger partial charge < -0.3 is 14.2 Å². The maximum Gasteiger partial charge on any atom is 0.306 e. The minimum Gasteiger partial charge on any atom is -0.462 e. The van der Waals surface area contributed by atoms with Crippen molar-refractivity contribution in [1.29, 1.82) is 0 Å². The van der Waals surface area contributed by atoms with Crippen LogP contribution in [0.1, 0.15) is 265 Å². The van der Waals surface area contributed by atoms with E-state index in [2.05, 4.69) is 99.8 Å². The summed E-state index contributed by atoms with van der Waals surface area (Å²) in [6, 6.07) is 0. The van der Waals surface area contributed by atoms with Crippen LogP contribution in [0.25, 0.3) is 0 Å². The maximum atomic E-state index is 12.8. The largest absolute Gasteiger partial charge is 0.462 e. The van der Waals surface area contributed by atoms with E-state index >= 15 is 0 Å². The zero-order valence-electron chi connectivity index (χ0n) is 43.9. The van der Waals surface area contributed by atoms with Crippen molar-refractivity contribution in [2.24, 2.45) is 0 Å². The summed E-state index contributed by atoms with van der Waals surface area (Å²) in [7, 11) is 0. The number of unbranched alkanes of at least 4 members (excludes halogenated alkanes) is 25. The smallest absolute Gasteiger partial charge is 0.306 e. The molecule has 1 unspecified atom stereocenters. The van der Waals surface area contributed by atoms with Gasteiger partial charge in [0.1, 0.15) is 13.2 Å². The molecule has 0 aromatic carbocycles. The molecule has 0 heterocycles. The Morgan fingerprint density at radius 1 is 0.313 bits per heavy atom. The Labute approximate surface area is 414 Å². The number of rotatable bonds is 50. The molecule has 0 saturated carbocycles. The first-order chi connectivity index (χ1) is 33.0. The third-order valence-corrected chi connectivity index (χ3v) is 11.9. The molecule has 6 nitrogen and oxygen atoms in total. The van der Waals surface area contributed by atoms with E-state index in [4.69, 9.17) is 14.2 Å². The van der Waals surface area contributed by atoms with Gasteiger partial charge in [-0.25, -0.2) is 0 Å². The summed E-state index contributed by atoms with van der Waals surface area (Å²) < 4.78 is 16.8. The van der Waals surface area contributed by atoms with E-state index in [9.17, 15) is 14.4 Å². The fraction of sp³-hybridized carbons (Fsp3) is 0.721. The highest BCUT2D eigenvalue weighted by molar-refractivity contribution is 5.71. The molecule has 0 aromatic rings. The van der Waals surface area contributed by atoms with E-state index in [1.54, 1.807) is 0 Å². The quantitative estimate of drug-likeness (QED) is 0.0262. The summed E-state index contributed by atoms with van der Waals surface area (Å²) in [5, 5.41) is 0. The van der Waals surface area contributed by atoms with Gasteiger partial charge in [-0.15, -0.1) is 0 Å². The average Bonchev–Trinajstić information content (AvgIpc) is 3.33. The van der Waals surface area contributed by atoms with E-state index in [0.717, 1.165) is 89.9 Å². The van der Waals surface area contributed by atoms with Crippen LogP contribution >= 0.6 is 0 Å². The van der Waals surface area contributed by atoms with Gasteiger partial charge >= 0.3 is 17.9 Å². The Morgan fingerprint density at radius 2 is 0.612 bits per heavy atom. The van der Waals surface area contributed by atoms with E-state index in [-0.39, 0.29) is 37.5 Å². The van der Waals surface area contributed by atoms with Crippen molar-refractivity contribution in [3.63, 3.8) is 0 Å². The summed E-state index contributed by atoms with van der Waals surface area (Å²) >= 11 is 0. The molecule has 0 amide bonds. The molecular formula is C61H104O6. The lowest BCUT2D eigenvalue weighted by Gasteiger charge is -2.18. The minimum absolute atomic E-state index is 0.109. The van der Waals surface area contributed by atoms with Crippen LogP contribution in [0.5, 0.6) is 0 Å². The van der Waals surface area contributed by atoms with Crippen molar-refractivity contribution in [2.45, 2.75) is 271 Å². The highest BCUT2D eigenvalue weighted by Crippen LogP contribution is 2.15. The molecule has 0 N–H and O–H groups in total. The van der Waals surface area contributed by atoms with Gasteiger partial charge in [0.25, 0.3) is 0 Å². The van der Waals surface area contributed by atoms with Crippen molar-refractivity contribution in [1.82, 2.24) is 0 Å². The van der Waals surface area contributed by atoms with Crippen molar-refractivity contribution in [3.8, 4) is 0 Å². The fourth-order valence-corrected chi connectivity index (χ4v) is 7.70. The van der Waals surface area contributed by atoms with Crippen LogP contribution in [0.15, 0.2) is 85.1 Å². The second-order valence-electron chi connectivity index (χ2n) is 18.5. The molecule has 1 atom stereocenters. The number of hydrogen-bond donors (Lipinski definition) is 0. The van der Waals surface area contributed by atoms with Crippen LogP contribution in [0.4, 0.5) is 0 Å². The molecular weight excluding hydrogens is 829 g/mol. The van der Waals surface area contributed by atoms with Gasteiger partial charge in [0.05, 0.1) is 0 Å². The van der Waals surface area contributed by atoms with Crippen molar-refractivity contribution < 1.29 is 28.6 Å². The Kier molecular flexibility index (Phi) is 52.4. The van der Waals surface area contributed by atoms with Gasteiger partial charge in [-0.05, 0) is 83.5 Å². The number of carbonyl (C=O) groups excluding carboxylic acids is 3. The normalized spacial score (nSPS) is 12.7. The first-order valence-electron chi connectivity index (χ1n) is 28.1. The number of ether oxygens (including phenoxy) is 3. The average molecular weight is 933 g/mol. The van der Waals surface area contributed by atoms with Gasteiger partial charge in [-0.2, -0.15) is 0 Å². The Balaban J connectivity index is 4.47. The monoisotopic (exact) mass is 933 g/mol. The molecule has 0 aliphatic rings. The molecule has 0 aromatic heterocycles. The van der Waals surface area contributed by atoms with Crippen molar-refractivity contribution >= 4 is 17.9 Å². The molecule has 384 valence electrons. The van der Waals surface area contributed by atoms with Crippen molar-refractivity contribution in [3.05, 3.63) is 85.1 Å².